The maximum atomic E-state index is 13.4. The number of thiazole rings is 1. The number of hydrogen-bond donors (Lipinski definition) is 2. The average Bonchev–Trinajstić information content (AvgIpc) is 3.62. The maximum Gasteiger partial charge on any atom is 0.290 e. The summed E-state index contributed by atoms with van der Waals surface area (Å²) in [7, 11) is 0. The fraction of sp³-hybridized carbons (Fsp3) is 0. The minimum absolute atomic E-state index is 0.293. The molecule has 3 aromatic heterocycles. The van der Waals surface area contributed by atoms with Crippen molar-refractivity contribution < 1.29 is 4.79 Å². The first-order valence-corrected chi connectivity index (χ1v) is 12.3. The zero-order valence-electron chi connectivity index (χ0n) is 18.4. The number of aromatic nitrogens is 4. The molecule has 170 valence electrons. The van der Waals surface area contributed by atoms with Gasteiger partial charge in [-0.15, -0.1) is 11.3 Å². The zero-order valence-corrected chi connectivity index (χ0v) is 20.0. The maximum absolute atomic E-state index is 13.4. The highest BCUT2D eigenvalue weighted by Gasteiger charge is 2.20. The second kappa shape index (κ2) is 8.83. The number of nitrogens with one attached hydrogen (secondary N) is 2. The van der Waals surface area contributed by atoms with Gasteiger partial charge < -0.3 is 4.98 Å². The van der Waals surface area contributed by atoms with E-state index in [0.29, 0.717) is 9.65 Å². The summed E-state index contributed by atoms with van der Waals surface area (Å²) in [5.74, 6) is -0.340. The van der Waals surface area contributed by atoms with E-state index < -0.39 is 0 Å². The second-order valence-corrected chi connectivity index (χ2v) is 9.44. The van der Waals surface area contributed by atoms with Crippen LogP contribution in [0.1, 0.15) is 10.5 Å². The minimum atomic E-state index is -0.340. The lowest BCUT2D eigenvalue weighted by Crippen LogP contribution is -2.24. The first kappa shape index (κ1) is 21.3. The molecule has 35 heavy (non-hydrogen) atoms. The van der Waals surface area contributed by atoms with E-state index in [2.05, 4.69) is 16.5 Å². The van der Waals surface area contributed by atoms with Crippen LogP contribution in [0.25, 0.3) is 39.1 Å². The number of rotatable bonds is 5. The second-order valence-electron chi connectivity index (χ2n) is 7.94. The van der Waals surface area contributed by atoms with E-state index in [0.717, 1.165) is 39.1 Å². The molecular weight excluding hydrogens is 474 g/mol. The number of hydrogen-bond acceptors (Lipinski definition) is 4. The van der Waals surface area contributed by atoms with E-state index in [9.17, 15) is 4.79 Å². The Morgan fingerprint density at radius 2 is 1.63 bits per heavy atom. The number of carbonyl (C=O) groups is 1. The largest absolute Gasteiger partial charge is 0.360 e. The molecule has 0 radical (unpaired) electrons. The summed E-state index contributed by atoms with van der Waals surface area (Å²) in [4.78, 5) is 16.7. The predicted octanol–water partition coefficient (Wildman–Crippen LogP) is 6.66. The van der Waals surface area contributed by atoms with Crippen LogP contribution in [-0.4, -0.2) is 25.3 Å². The van der Waals surface area contributed by atoms with E-state index in [1.807, 2.05) is 96.5 Å². The summed E-state index contributed by atoms with van der Waals surface area (Å²) in [6, 6.07) is 29.5. The van der Waals surface area contributed by atoms with Gasteiger partial charge in [0, 0.05) is 33.6 Å². The molecule has 6 aromatic rings. The SMILES string of the molecule is O=C(Nn1c(-c2ccccc2)csc1=S)c1cc(-c2c[nH]c3ccccc23)n(-c2ccccc2)n1. The molecule has 1 amide bonds. The van der Waals surface area contributed by atoms with E-state index in [-0.39, 0.29) is 5.91 Å². The number of benzene rings is 3. The topological polar surface area (TPSA) is 67.6 Å². The van der Waals surface area contributed by atoms with Crippen LogP contribution in [0.4, 0.5) is 0 Å². The van der Waals surface area contributed by atoms with Crippen LogP contribution in [0, 0.1) is 3.95 Å². The molecule has 8 heteroatoms. The van der Waals surface area contributed by atoms with Crippen LogP contribution in [-0.2, 0) is 0 Å². The molecule has 0 aliphatic rings. The summed E-state index contributed by atoms with van der Waals surface area (Å²) in [6.07, 6.45) is 1.95. The zero-order chi connectivity index (χ0) is 23.8. The van der Waals surface area contributed by atoms with Crippen LogP contribution in [0.15, 0.2) is 103 Å². The van der Waals surface area contributed by atoms with Gasteiger partial charge in [-0.2, -0.15) is 5.10 Å². The Bertz CT molecular complexity index is 1710. The number of fused-ring (bicyclic) bond motifs is 1. The van der Waals surface area contributed by atoms with Crippen molar-refractivity contribution in [3.8, 4) is 28.2 Å². The average molecular weight is 494 g/mol. The van der Waals surface area contributed by atoms with Gasteiger partial charge in [-0.05, 0) is 36.5 Å². The molecule has 0 fully saturated rings. The van der Waals surface area contributed by atoms with Crippen LogP contribution in [0.5, 0.6) is 0 Å². The Hall–Kier alpha value is -4.27. The third-order valence-corrected chi connectivity index (χ3v) is 6.98. The Balaban J connectivity index is 1.44. The van der Waals surface area contributed by atoms with Crippen molar-refractivity contribution in [1.82, 2.24) is 19.4 Å². The lowest BCUT2D eigenvalue weighted by molar-refractivity contribution is 0.100. The number of carbonyl (C=O) groups excluding carboxylic acids is 1. The summed E-state index contributed by atoms with van der Waals surface area (Å²) in [5, 5.41) is 7.70. The van der Waals surface area contributed by atoms with Crippen LogP contribution in [0.3, 0.4) is 0 Å². The normalized spacial score (nSPS) is 11.1. The smallest absolute Gasteiger partial charge is 0.290 e. The van der Waals surface area contributed by atoms with Crippen molar-refractivity contribution in [3.63, 3.8) is 0 Å². The summed E-state index contributed by atoms with van der Waals surface area (Å²) >= 11 is 6.90. The van der Waals surface area contributed by atoms with E-state index in [1.54, 1.807) is 9.36 Å². The molecule has 3 aromatic carbocycles. The molecule has 0 atom stereocenters. The lowest BCUT2D eigenvalue weighted by Gasteiger charge is -2.09. The molecule has 0 saturated heterocycles. The van der Waals surface area contributed by atoms with Gasteiger partial charge in [-0.1, -0.05) is 66.7 Å². The number of amides is 1. The summed E-state index contributed by atoms with van der Waals surface area (Å²) in [6.45, 7) is 0. The molecular formula is C27H19N5OS2. The number of aromatic amines is 1. The van der Waals surface area contributed by atoms with Gasteiger partial charge in [0.1, 0.15) is 0 Å². The van der Waals surface area contributed by atoms with Crippen molar-refractivity contribution in [1.29, 1.82) is 0 Å². The highest BCUT2D eigenvalue weighted by molar-refractivity contribution is 7.73. The van der Waals surface area contributed by atoms with Crippen LogP contribution >= 0.6 is 23.6 Å². The van der Waals surface area contributed by atoms with Gasteiger partial charge in [0.15, 0.2) is 9.65 Å². The fourth-order valence-electron chi connectivity index (χ4n) is 4.11. The van der Waals surface area contributed by atoms with Crippen molar-refractivity contribution in [2.45, 2.75) is 0 Å². The quantitative estimate of drug-likeness (QED) is 0.264. The van der Waals surface area contributed by atoms with E-state index >= 15 is 0 Å². The molecule has 0 saturated carbocycles. The number of H-pyrrole nitrogens is 1. The minimum Gasteiger partial charge on any atom is -0.360 e. The Labute approximate surface area is 210 Å². The van der Waals surface area contributed by atoms with Crippen molar-refractivity contribution in [2.75, 3.05) is 5.43 Å². The first-order chi connectivity index (χ1) is 17.2. The van der Waals surface area contributed by atoms with Gasteiger partial charge in [-0.25, -0.2) is 9.36 Å². The molecule has 2 N–H and O–H groups in total. The van der Waals surface area contributed by atoms with Gasteiger partial charge in [0.05, 0.1) is 17.1 Å². The van der Waals surface area contributed by atoms with Crippen molar-refractivity contribution >= 4 is 40.4 Å². The highest BCUT2D eigenvalue weighted by Crippen LogP contribution is 2.31. The van der Waals surface area contributed by atoms with Gasteiger partial charge in [0.25, 0.3) is 5.91 Å². The summed E-state index contributed by atoms with van der Waals surface area (Å²) in [5.41, 5.74) is 8.70. The van der Waals surface area contributed by atoms with Crippen LogP contribution < -0.4 is 5.43 Å². The van der Waals surface area contributed by atoms with Crippen LogP contribution in [0.2, 0.25) is 0 Å². The van der Waals surface area contributed by atoms with E-state index in [4.69, 9.17) is 17.3 Å². The first-order valence-electron chi connectivity index (χ1n) is 11.0. The Kier molecular flexibility index (Phi) is 5.36. The van der Waals surface area contributed by atoms with E-state index in [1.165, 1.54) is 11.3 Å². The lowest BCUT2D eigenvalue weighted by atomic mass is 10.1. The molecule has 0 spiro atoms. The molecule has 0 bridgehead atoms. The molecule has 0 unspecified atom stereocenters. The molecule has 0 aliphatic heterocycles. The predicted molar refractivity (Wildman–Crippen MR) is 143 cm³/mol. The van der Waals surface area contributed by atoms with Crippen molar-refractivity contribution in [3.05, 3.63) is 112 Å². The molecule has 6 nitrogen and oxygen atoms in total. The van der Waals surface area contributed by atoms with Gasteiger partial charge >= 0.3 is 0 Å². The Morgan fingerprint density at radius 3 is 2.43 bits per heavy atom. The highest BCUT2D eigenvalue weighted by atomic mass is 32.1. The molecule has 3 heterocycles. The monoisotopic (exact) mass is 493 g/mol. The van der Waals surface area contributed by atoms with Gasteiger partial charge in [-0.3, -0.25) is 10.2 Å². The Morgan fingerprint density at radius 1 is 0.914 bits per heavy atom. The molecule has 0 aliphatic carbocycles. The third-order valence-electron chi connectivity index (χ3n) is 5.79. The molecule has 6 rings (SSSR count). The number of para-hydroxylation sites is 2. The third kappa shape index (κ3) is 3.88. The van der Waals surface area contributed by atoms with Gasteiger partial charge in [0.2, 0.25) is 0 Å². The number of nitrogens with zero attached hydrogens (tertiary/aromatic N) is 3. The van der Waals surface area contributed by atoms with Crippen molar-refractivity contribution in [2.24, 2.45) is 0 Å². The fourth-order valence-corrected chi connectivity index (χ4v) is 5.11. The summed E-state index contributed by atoms with van der Waals surface area (Å²) < 4.78 is 4.00. The standard InChI is InChI=1S/C27H19N5OS2/c33-26(30-32-25(17-35-27(32)34)18-9-3-1-4-10-18)23-15-24(31(29-23)19-11-5-2-6-12-19)21-16-28-22-14-8-7-13-20(21)22/h1-17,28H,(H,30,33).